The summed E-state index contributed by atoms with van der Waals surface area (Å²) in [5.74, 6) is 0. The minimum absolute atomic E-state index is 0.540. The van der Waals surface area contributed by atoms with Crippen molar-refractivity contribution in [2.45, 2.75) is 0 Å². The Balaban J connectivity index is 2.94. The molecule has 0 unspecified atom stereocenters. The van der Waals surface area contributed by atoms with Gasteiger partial charge in [0.25, 0.3) is 0 Å². The third-order valence-corrected chi connectivity index (χ3v) is 2.02. The average molecular weight is 167 g/mol. The van der Waals surface area contributed by atoms with E-state index in [0.29, 0.717) is 5.17 Å². The first kappa shape index (κ1) is 8.07. The maximum absolute atomic E-state index is 5.48. The monoisotopic (exact) mass is 167 g/mol. The van der Waals surface area contributed by atoms with Gasteiger partial charge in [0.05, 0.1) is 5.70 Å². The molecule has 0 spiro atoms. The van der Waals surface area contributed by atoms with E-state index < -0.39 is 0 Å². The van der Waals surface area contributed by atoms with Crippen molar-refractivity contribution >= 4 is 22.0 Å². The fourth-order valence-corrected chi connectivity index (χ4v) is 1.37. The highest BCUT2D eigenvalue weighted by atomic mass is 32.2. The summed E-state index contributed by atoms with van der Waals surface area (Å²) < 4.78 is 0. The molecule has 0 aromatic carbocycles. The summed E-state index contributed by atoms with van der Waals surface area (Å²) in [6.45, 7) is 3.57. The maximum atomic E-state index is 5.48. The van der Waals surface area contributed by atoms with Crippen molar-refractivity contribution in [2.75, 3.05) is 7.05 Å². The van der Waals surface area contributed by atoms with E-state index in [0.717, 1.165) is 10.7 Å². The molecular formula is C7H9N3S. The molecule has 0 radical (unpaired) electrons. The Morgan fingerprint density at radius 1 is 1.73 bits per heavy atom. The highest BCUT2D eigenvalue weighted by Gasteiger charge is 2.15. The SMILES string of the molecule is C=C/C=C1/N=C(N)SC1=NC. The highest BCUT2D eigenvalue weighted by molar-refractivity contribution is 8.27. The molecule has 0 saturated heterocycles. The number of amidine groups is 1. The summed E-state index contributed by atoms with van der Waals surface area (Å²) in [5.41, 5.74) is 6.27. The molecule has 0 amide bonds. The van der Waals surface area contributed by atoms with Crippen LogP contribution in [0.4, 0.5) is 0 Å². The number of hydrogen-bond donors (Lipinski definition) is 1. The first-order valence-corrected chi connectivity index (χ1v) is 3.91. The summed E-state index contributed by atoms with van der Waals surface area (Å²) in [5, 5.41) is 1.39. The van der Waals surface area contributed by atoms with Crippen LogP contribution in [0.2, 0.25) is 0 Å². The Morgan fingerprint density at radius 2 is 2.45 bits per heavy atom. The number of rotatable bonds is 1. The summed E-state index contributed by atoms with van der Waals surface area (Å²) in [7, 11) is 1.72. The van der Waals surface area contributed by atoms with E-state index in [1.54, 1.807) is 19.2 Å². The third-order valence-electron chi connectivity index (χ3n) is 1.13. The molecule has 11 heavy (non-hydrogen) atoms. The van der Waals surface area contributed by atoms with Crippen molar-refractivity contribution in [1.29, 1.82) is 0 Å². The van der Waals surface area contributed by atoms with Crippen molar-refractivity contribution in [1.82, 2.24) is 0 Å². The van der Waals surface area contributed by atoms with Crippen molar-refractivity contribution < 1.29 is 0 Å². The zero-order chi connectivity index (χ0) is 8.27. The van der Waals surface area contributed by atoms with Gasteiger partial charge in [0, 0.05) is 7.05 Å². The van der Waals surface area contributed by atoms with Gasteiger partial charge in [-0.05, 0) is 17.8 Å². The predicted molar refractivity (Wildman–Crippen MR) is 50.9 cm³/mol. The number of thioether (sulfide) groups is 1. The standard InChI is InChI=1S/C7H9N3S/c1-3-4-5-6(9-2)11-7(8)10-5/h3-4H,1H2,2H3,(H2,8,10)/b5-4+,9-6?. The zero-order valence-corrected chi connectivity index (χ0v) is 7.06. The molecule has 0 aromatic heterocycles. The van der Waals surface area contributed by atoms with Gasteiger partial charge >= 0.3 is 0 Å². The molecule has 1 aliphatic rings. The quantitative estimate of drug-likeness (QED) is 0.636. The number of aliphatic imine (C=N–C) groups is 2. The van der Waals surface area contributed by atoms with Crippen LogP contribution in [0.15, 0.2) is 34.4 Å². The lowest BCUT2D eigenvalue weighted by atomic mass is 10.4. The van der Waals surface area contributed by atoms with Gasteiger partial charge in [-0.15, -0.1) is 0 Å². The number of nitrogens with two attached hydrogens (primary N) is 1. The molecule has 0 saturated carbocycles. The number of hydrogen-bond acceptors (Lipinski definition) is 4. The molecule has 0 fully saturated rings. The van der Waals surface area contributed by atoms with E-state index in [2.05, 4.69) is 16.6 Å². The summed E-state index contributed by atoms with van der Waals surface area (Å²) in [6.07, 6.45) is 3.46. The van der Waals surface area contributed by atoms with Gasteiger partial charge < -0.3 is 5.73 Å². The normalized spacial score (nSPS) is 24.3. The Morgan fingerprint density at radius 3 is 3.00 bits per heavy atom. The third kappa shape index (κ3) is 1.71. The van der Waals surface area contributed by atoms with Crippen molar-refractivity contribution in [3.05, 3.63) is 24.4 Å². The Kier molecular flexibility index (Phi) is 2.48. The van der Waals surface area contributed by atoms with Crippen molar-refractivity contribution in [3.8, 4) is 0 Å². The zero-order valence-electron chi connectivity index (χ0n) is 6.24. The van der Waals surface area contributed by atoms with Gasteiger partial charge in [-0.25, -0.2) is 4.99 Å². The van der Waals surface area contributed by atoms with Crippen LogP contribution in [0.1, 0.15) is 0 Å². The first-order chi connectivity index (χ1) is 5.27. The summed E-state index contributed by atoms with van der Waals surface area (Å²) in [6, 6.07) is 0. The topological polar surface area (TPSA) is 50.7 Å². The first-order valence-electron chi connectivity index (χ1n) is 3.10. The van der Waals surface area contributed by atoms with Crippen molar-refractivity contribution in [2.24, 2.45) is 15.7 Å². The molecule has 1 rings (SSSR count). The van der Waals surface area contributed by atoms with Crippen LogP contribution in [-0.2, 0) is 0 Å². The highest BCUT2D eigenvalue weighted by Crippen LogP contribution is 2.21. The van der Waals surface area contributed by atoms with Gasteiger partial charge in [-0.1, -0.05) is 12.7 Å². The maximum Gasteiger partial charge on any atom is 0.165 e. The van der Waals surface area contributed by atoms with Crippen LogP contribution >= 0.6 is 11.8 Å². The lowest BCUT2D eigenvalue weighted by molar-refractivity contribution is 1.41. The van der Waals surface area contributed by atoms with Crippen molar-refractivity contribution in [3.63, 3.8) is 0 Å². The van der Waals surface area contributed by atoms with Gasteiger partial charge in [-0.3, -0.25) is 4.99 Å². The van der Waals surface area contributed by atoms with E-state index in [9.17, 15) is 0 Å². The molecule has 1 heterocycles. The predicted octanol–water partition coefficient (Wildman–Crippen LogP) is 1.15. The molecule has 0 aliphatic carbocycles. The van der Waals surface area contributed by atoms with E-state index >= 15 is 0 Å². The minimum atomic E-state index is 0.540. The van der Waals surface area contributed by atoms with Crippen LogP contribution in [-0.4, -0.2) is 17.3 Å². The minimum Gasteiger partial charge on any atom is -0.378 e. The number of nitrogens with zero attached hydrogens (tertiary/aromatic N) is 2. The molecule has 1 aliphatic heterocycles. The molecule has 58 valence electrons. The van der Waals surface area contributed by atoms with Gasteiger partial charge in [0.15, 0.2) is 5.17 Å². The molecule has 3 nitrogen and oxygen atoms in total. The van der Waals surface area contributed by atoms with Gasteiger partial charge in [0.1, 0.15) is 5.04 Å². The van der Waals surface area contributed by atoms with E-state index in [1.807, 2.05) is 0 Å². The van der Waals surface area contributed by atoms with E-state index in [-0.39, 0.29) is 0 Å². The molecule has 0 bridgehead atoms. The second kappa shape index (κ2) is 3.39. The van der Waals surface area contributed by atoms with Crippen LogP contribution in [0.25, 0.3) is 0 Å². The van der Waals surface area contributed by atoms with Gasteiger partial charge in [-0.2, -0.15) is 0 Å². The lowest BCUT2D eigenvalue weighted by Crippen LogP contribution is -2.02. The van der Waals surface area contributed by atoms with Crippen LogP contribution in [0, 0.1) is 0 Å². The Hall–Kier alpha value is -1.03. The second-order valence-corrected chi connectivity index (χ2v) is 2.88. The second-order valence-electron chi connectivity index (χ2n) is 1.87. The fourth-order valence-electron chi connectivity index (χ4n) is 0.721. The fraction of sp³-hybridized carbons (Fsp3) is 0.143. The largest absolute Gasteiger partial charge is 0.378 e. The summed E-state index contributed by atoms with van der Waals surface area (Å²) in [4.78, 5) is 8.05. The Labute approximate surface area is 69.8 Å². The van der Waals surface area contributed by atoms with Crippen LogP contribution in [0.3, 0.4) is 0 Å². The average Bonchev–Trinajstić information content (AvgIpc) is 2.32. The molecular weight excluding hydrogens is 158 g/mol. The van der Waals surface area contributed by atoms with E-state index in [4.69, 9.17) is 5.73 Å². The summed E-state index contributed by atoms with van der Waals surface area (Å²) >= 11 is 1.38. The Bertz CT molecular complexity index is 263. The van der Waals surface area contributed by atoms with E-state index in [1.165, 1.54) is 11.8 Å². The number of allylic oxidation sites excluding steroid dienone is 2. The molecule has 2 N–H and O–H groups in total. The lowest BCUT2D eigenvalue weighted by Gasteiger charge is -1.90. The smallest absolute Gasteiger partial charge is 0.165 e. The molecule has 0 atom stereocenters. The molecule has 0 aromatic rings. The van der Waals surface area contributed by atoms with Crippen LogP contribution in [0.5, 0.6) is 0 Å². The molecule has 4 heteroatoms. The van der Waals surface area contributed by atoms with Crippen LogP contribution < -0.4 is 5.73 Å². The van der Waals surface area contributed by atoms with Gasteiger partial charge in [0.2, 0.25) is 0 Å².